The third kappa shape index (κ3) is 5.08. The summed E-state index contributed by atoms with van der Waals surface area (Å²) in [5.41, 5.74) is 2.34. The van der Waals surface area contributed by atoms with Gasteiger partial charge in [0.2, 0.25) is 5.88 Å². The fourth-order valence-corrected chi connectivity index (χ4v) is 4.23. The number of rotatable bonds is 7. The van der Waals surface area contributed by atoms with E-state index in [1.54, 1.807) is 11.1 Å². The monoisotopic (exact) mass is 423 g/mol. The van der Waals surface area contributed by atoms with Crippen LogP contribution in [0.25, 0.3) is 11.1 Å². The molecule has 2 aliphatic rings. The van der Waals surface area contributed by atoms with Crippen molar-refractivity contribution < 1.29 is 14.6 Å². The molecule has 2 aromatic rings. The standard InChI is InChI=1S/C25H33N3O3/c1-17-13-28(18(2)16-29)25(30)22-11-21(20-7-5-4-6-8-20)12-26-24(22)31-23(17)15-27(3)14-19-9-10-19/h4-8,11-12,17-19,23,29H,9-10,13-16H2,1-3H3/t17-,18-,23-/m1/s1. The lowest BCUT2D eigenvalue weighted by Crippen LogP contribution is -2.50. The zero-order valence-electron chi connectivity index (χ0n) is 18.7. The molecule has 1 saturated carbocycles. The highest BCUT2D eigenvalue weighted by Gasteiger charge is 2.35. The second-order valence-corrected chi connectivity index (χ2v) is 9.23. The van der Waals surface area contributed by atoms with Crippen molar-refractivity contribution in [3.05, 3.63) is 48.2 Å². The number of carbonyl (C=O) groups is 1. The van der Waals surface area contributed by atoms with E-state index >= 15 is 0 Å². The van der Waals surface area contributed by atoms with Crippen molar-refractivity contribution >= 4 is 5.91 Å². The molecule has 1 N–H and O–H groups in total. The Morgan fingerprint density at radius 3 is 2.65 bits per heavy atom. The topological polar surface area (TPSA) is 65.9 Å². The highest BCUT2D eigenvalue weighted by Crippen LogP contribution is 2.32. The molecule has 166 valence electrons. The Hall–Kier alpha value is -2.44. The van der Waals surface area contributed by atoms with E-state index in [1.807, 2.05) is 43.3 Å². The SMILES string of the molecule is C[C@@H]1CN([C@H](C)CO)C(=O)c2cc(-c3ccccc3)cnc2O[C@@H]1CN(C)CC1CC1. The van der Waals surface area contributed by atoms with Crippen molar-refractivity contribution in [1.82, 2.24) is 14.8 Å². The largest absolute Gasteiger partial charge is 0.472 e. The third-order valence-electron chi connectivity index (χ3n) is 6.39. The van der Waals surface area contributed by atoms with E-state index in [0.29, 0.717) is 18.0 Å². The number of aromatic nitrogens is 1. The molecule has 3 atom stereocenters. The number of fused-ring (bicyclic) bond motifs is 1. The molecule has 0 bridgehead atoms. The summed E-state index contributed by atoms with van der Waals surface area (Å²) >= 11 is 0. The van der Waals surface area contributed by atoms with Crippen LogP contribution in [0, 0.1) is 11.8 Å². The van der Waals surface area contributed by atoms with E-state index in [1.165, 1.54) is 12.8 Å². The van der Waals surface area contributed by atoms with Crippen LogP contribution in [0.4, 0.5) is 0 Å². The fraction of sp³-hybridized carbons (Fsp3) is 0.520. The molecule has 6 nitrogen and oxygen atoms in total. The van der Waals surface area contributed by atoms with Crippen LogP contribution in [-0.4, -0.2) is 71.2 Å². The Balaban J connectivity index is 1.67. The number of benzene rings is 1. The van der Waals surface area contributed by atoms with E-state index in [4.69, 9.17) is 4.74 Å². The van der Waals surface area contributed by atoms with Crippen LogP contribution < -0.4 is 4.74 Å². The summed E-state index contributed by atoms with van der Waals surface area (Å²) < 4.78 is 6.38. The number of carbonyl (C=O) groups excluding carboxylic acids is 1. The van der Waals surface area contributed by atoms with Crippen LogP contribution in [0.2, 0.25) is 0 Å². The van der Waals surface area contributed by atoms with Crippen LogP contribution in [0.5, 0.6) is 5.88 Å². The molecule has 0 saturated heterocycles. The summed E-state index contributed by atoms with van der Waals surface area (Å²) in [6.45, 7) is 6.33. The maximum absolute atomic E-state index is 13.5. The fourth-order valence-electron chi connectivity index (χ4n) is 4.23. The molecule has 6 heteroatoms. The number of ether oxygens (including phenoxy) is 1. The van der Waals surface area contributed by atoms with Crippen LogP contribution in [-0.2, 0) is 0 Å². The van der Waals surface area contributed by atoms with Gasteiger partial charge in [-0.05, 0) is 44.4 Å². The van der Waals surface area contributed by atoms with E-state index < -0.39 is 0 Å². The molecular formula is C25H33N3O3. The first-order valence-electron chi connectivity index (χ1n) is 11.3. The first-order valence-corrected chi connectivity index (χ1v) is 11.3. The van der Waals surface area contributed by atoms with Gasteiger partial charge in [-0.1, -0.05) is 37.3 Å². The summed E-state index contributed by atoms with van der Waals surface area (Å²) in [4.78, 5) is 22.2. The molecule has 1 amide bonds. The van der Waals surface area contributed by atoms with Gasteiger partial charge >= 0.3 is 0 Å². The number of amides is 1. The molecule has 0 radical (unpaired) electrons. The number of hydrogen-bond donors (Lipinski definition) is 1. The highest BCUT2D eigenvalue weighted by molar-refractivity contribution is 5.98. The molecule has 1 aromatic carbocycles. The Kier molecular flexibility index (Phi) is 6.58. The maximum Gasteiger partial charge on any atom is 0.259 e. The number of aliphatic hydroxyl groups excluding tert-OH is 1. The van der Waals surface area contributed by atoms with E-state index in [9.17, 15) is 9.90 Å². The van der Waals surface area contributed by atoms with Gasteiger partial charge in [0.1, 0.15) is 11.7 Å². The van der Waals surface area contributed by atoms with Gasteiger partial charge in [0, 0.05) is 37.3 Å². The molecule has 1 fully saturated rings. The van der Waals surface area contributed by atoms with Gasteiger partial charge in [-0.2, -0.15) is 0 Å². The van der Waals surface area contributed by atoms with Crippen LogP contribution in [0.1, 0.15) is 37.0 Å². The molecule has 1 aliphatic heterocycles. The minimum absolute atomic E-state index is 0.0767. The lowest BCUT2D eigenvalue weighted by molar-refractivity contribution is 0.0328. The molecule has 2 heterocycles. The predicted molar refractivity (Wildman–Crippen MR) is 121 cm³/mol. The first kappa shape index (κ1) is 21.8. The minimum atomic E-state index is -0.272. The van der Waals surface area contributed by atoms with Crippen molar-refractivity contribution in [3.8, 4) is 17.0 Å². The van der Waals surface area contributed by atoms with Crippen molar-refractivity contribution in [2.45, 2.75) is 38.8 Å². The number of aliphatic hydroxyl groups is 1. The average Bonchev–Trinajstić information content (AvgIpc) is 3.59. The second kappa shape index (κ2) is 9.37. The zero-order valence-corrected chi connectivity index (χ0v) is 18.7. The molecule has 31 heavy (non-hydrogen) atoms. The van der Waals surface area contributed by atoms with Gasteiger partial charge in [0.25, 0.3) is 5.91 Å². The average molecular weight is 424 g/mol. The molecule has 0 unspecified atom stereocenters. The van der Waals surface area contributed by atoms with Crippen LogP contribution >= 0.6 is 0 Å². The molecule has 0 spiro atoms. The van der Waals surface area contributed by atoms with Gasteiger partial charge in [-0.3, -0.25) is 4.79 Å². The third-order valence-corrected chi connectivity index (χ3v) is 6.39. The Morgan fingerprint density at radius 2 is 1.97 bits per heavy atom. The van der Waals surface area contributed by atoms with Crippen molar-refractivity contribution in [1.29, 1.82) is 0 Å². The van der Waals surface area contributed by atoms with Crippen molar-refractivity contribution in [2.24, 2.45) is 11.8 Å². The van der Waals surface area contributed by atoms with Crippen LogP contribution in [0.3, 0.4) is 0 Å². The molecular weight excluding hydrogens is 390 g/mol. The number of pyridine rings is 1. The smallest absolute Gasteiger partial charge is 0.259 e. The van der Waals surface area contributed by atoms with Crippen LogP contribution in [0.15, 0.2) is 42.6 Å². The highest BCUT2D eigenvalue weighted by atomic mass is 16.5. The summed E-state index contributed by atoms with van der Waals surface area (Å²) in [7, 11) is 2.14. The minimum Gasteiger partial charge on any atom is -0.472 e. The van der Waals surface area contributed by atoms with E-state index in [2.05, 4.69) is 23.9 Å². The maximum atomic E-state index is 13.5. The summed E-state index contributed by atoms with van der Waals surface area (Å²) in [6.07, 6.45) is 4.32. The predicted octanol–water partition coefficient (Wildman–Crippen LogP) is 3.31. The summed E-state index contributed by atoms with van der Waals surface area (Å²) in [5, 5.41) is 9.80. The lowest BCUT2D eigenvalue weighted by Gasteiger charge is -2.37. The van der Waals surface area contributed by atoms with Gasteiger partial charge in [-0.25, -0.2) is 4.98 Å². The summed E-state index contributed by atoms with van der Waals surface area (Å²) in [5.74, 6) is 1.17. The zero-order chi connectivity index (χ0) is 22.0. The Bertz CT molecular complexity index is 900. The Labute approximate surface area is 184 Å². The molecule has 1 aromatic heterocycles. The lowest BCUT2D eigenvalue weighted by atomic mass is 9.99. The van der Waals surface area contributed by atoms with E-state index in [0.717, 1.165) is 30.1 Å². The van der Waals surface area contributed by atoms with Crippen molar-refractivity contribution in [3.63, 3.8) is 0 Å². The number of hydrogen-bond acceptors (Lipinski definition) is 5. The molecule has 4 rings (SSSR count). The molecule has 1 aliphatic carbocycles. The van der Waals surface area contributed by atoms with Gasteiger partial charge in [0.15, 0.2) is 0 Å². The first-order chi connectivity index (χ1) is 15.0. The van der Waals surface area contributed by atoms with Crippen molar-refractivity contribution in [2.75, 3.05) is 33.3 Å². The van der Waals surface area contributed by atoms with Gasteiger partial charge < -0.3 is 19.6 Å². The van der Waals surface area contributed by atoms with E-state index in [-0.39, 0.29) is 30.6 Å². The summed E-state index contributed by atoms with van der Waals surface area (Å²) in [6, 6.07) is 11.5. The normalized spacial score (nSPS) is 22.5. The number of nitrogens with zero attached hydrogens (tertiary/aromatic N) is 3. The Morgan fingerprint density at radius 1 is 1.23 bits per heavy atom. The van der Waals surface area contributed by atoms with Gasteiger partial charge in [0.05, 0.1) is 12.6 Å². The number of likely N-dealkylation sites (N-methyl/N-ethyl adjacent to an activating group) is 1. The quantitative estimate of drug-likeness (QED) is 0.740. The van der Waals surface area contributed by atoms with Gasteiger partial charge in [-0.15, -0.1) is 0 Å². The second-order valence-electron chi connectivity index (χ2n) is 9.23.